The highest BCUT2D eigenvalue weighted by Gasteiger charge is 2.32. The van der Waals surface area contributed by atoms with Gasteiger partial charge in [-0.25, -0.2) is 0 Å². The van der Waals surface area contributed by atoms with Crippen molar-refractivity contribution in [1.82, 2.24) is 15.2 Å². The molecular formula is C16H20BrN3O. The monoisotopic (exact) mass is 349 g/mol. The Morgan fingerprint density at radius 2 is 2.29 bits per heavy atom. The molecule has 0 amide bonds. The summed E-state index contributed by atoms with van der Waals surface area (Å²) >= 11 is 3.62. The standard InChI is InChI=1S/C16H20BrN3O/c1-18-10-14-16(20(2)8-9-21-14)12-5-6-13(17)11-4-3-7-19-15(11)12/h3-7,14,16,18H,8-10H2,1-2H3. The van der Waals surface area contributed by atoms with Crippen molar-refractivity contribution in [1.29, 1.82) is 0 Å². The zero-order valence-electron chi connectivity index (χ0n) is 12.3. The molecule has 21 heavy (non-hydrogen) atoms. The molecule has 1 aromatic carbocycles. The lowest BCUT2D eigenvalue weighted by Crippen LogP contribution is -2.47. The first kappa shape index (κ1) is 14.9. The van der Waals surface area contributed by atoms with Crippen LogP contribution in [-0.4, -0.2) is 49.8 Å². The number of fused-ring (bicyclic) bond motifs is 1. The second-order valence-corrected chi connectivity index (χ2v) is 6.28. The number of benzene rings is 1. The number of nitrogens with one attached hydrogen (secondary N) is 1. The summed E-state index contributed by atoms with van der Waals surface area (Å²) in [5, 5.41) is 4.39. The number of morpholine rings is 1. The third kappa shape index (κ3) is 2.83. The number of rotatable bonds is 3. The van der Waals surface area contributed by atoms with Crippen molar-refractivity contribution in [2.24, 2.45) is 0 Å². The Balaban J connectivity index is 2.11. The van der Waals surface area contributed by atoms with Crippen LogP contribution in [0.3, 0.4) is 0 Å². The molecule has 1 N–H and O–H groups in total. The molecule has 2 unspecified atom stereocenters. The number of pyridine rings is 1. The highest BCUT2D eigenvalue weighted by Crippen LogP contribution is 2.34. The summed E-state index contributed by atoms with van der Waals surface area (Å²) in [7, 11) is 4.12. The normalized spacial score (nSPS) is 23.6. The number of aromatic nitrogens is 1. The van der Waals surface area contributed by atoms with Crippen molar-refractivity contribution in [3.05, 3.63) is 40.5 Å². The number of ether oxygens (including phenoxy) is 1. The van der Waals surface area contributed by atoms with Gasteiger partial charge >= 0.3 is 0 Å². The molecule has 0 aliphatic carbocycles. The third-order valence-electron chi connectivity index (χ3n) is 4.07. The number of hydrogen-bond donors (Lipinski definition) is 1. The first-order valence-corrected chi connectivity index (χ1v) is 8.01. The lowest BCUT2D eigenvalue weighted by Gasteiger charge is -2.39. The zero-order valence-corrected chi connectivity index (χ0v) is 13.9. The smallest absolute Gasteiger partial charge is 0.0897 e. The average molecular weight is 350 g/mol. The van der Waals surface area contributed by atoms with E-state index < -0.39 is 0 Å². The molecule has 2 heterocycles. The van der Waals surface area contributed by atoms with E-state index in [9.17, 15) is 0 Å². The van der Waals surface area contributed by atoms with E-state index in [-0.39, 0.29) is 12.1 Å². The molecule has 1 aromatic heterocycles. The molecule has 4 nitrogen and oxygen atoms in total. The molecule has 0 bridgehead atoms. The fourth-order valence-electron chi connectivity index (χ4n) is 3.07. The van der Waals surface area contributed by atoms with E-state index in [4.69, 9.17) is 4.74 Å². The van der Waals surface area contributed by atoms with Crippen LogP contribution in [0.15, 0.2) is 34.9 Å². The van der Waals surface area contributed by atoms with E-state index in [0.29, 0.717) is 0 Å². The number of likely N-dealkylation sites (N-methyl/N-ethyl adjacent to an activating group) is 2. The van der Waals surface area contributed by atoms with Gasteiger partial charge in [0.15, 0.2) is 0 Å². The molecule has 112 valence electrons. The van der Waals surface area contributed by atoms with E-state index >= 15 is 0 Å². The van der Waals surface area contributed by atoms with Crippen LogP contribution in [0.5, 0.6) is 0 Å². The van der Waals surface area contributed by atoms with Crippen molar-refractivity contribution in [2.45, 2.75) is 12.1 Å². The summed E-state index contributed by atoms with van der Waals surface area (Å²) in [4.78, 5) is 6.98. The van der Waals surface area contributed by atoms with Crippen LogP contribution < -0.4 is 5.32 Å². The topological polar surface area (TPSA) is 37.4 Å². The first-order valence-electron chi connectivity index (χ1n) is 7.22. The molecule has 2 aromatic rings. The van der Waals surface area contributed by atoms with Gasteiger partial charge in [0.05, 0.1) is 24.3 Å². The fourth-order valence-corrected chi connectivity index (χ4v) is 3.52. The predicted molar refractivity (Wildman–Crippen MR) is 88.5 cm³/mol. The molecule has 3 rings (SSSR count). The maximum absolute atomic E-state index is 5.99. The van der Waals surface area contributed by atoms with Gasteiger partial charge in [0, 0.05) is 29.1 Å². The molecule has 2 atom stereocenters. The van der Waals surface area contributed by atoms with Gasteiger partial charge in [-0.2, -0.15) is 0 Å². The Hall–Kier alpha value is -1.01. The van der Waals surface area contributed by atoms with Crippen LogP contribution in [0, 0.1) is 0 Å². The Morgan fingerprint density at radius 1 is 1.43 bits per heavy atom. The van der Waals surface area contributed by atoms with Crippen molar-refractivity contribution < 1.29 is 4.74 Å². The molecule has 1 aliphatic heterocycles. The Bertz CT molecular complexity index is 632. The summed E-state index contributed by atoms with van der Waals surface area (Å²) in [5.41, 5.74) is 2.28. The third-order valence-corrected chi connectivity index (χ3v) is 4.77. The second kappa shape index (κ2) is 6.40. The maximum Gasteiger partial charge on any atom is 0.0897 e. The molecule has 0 spiro atoms. The van der Waals surface area contributed by atoms with Crippen molar-refractivity contribution in [2.75, 3.05) is 33.8 Å². The highest BCUT2D eigenvalue weighted by atomic mass is 79.9. The molecule has 1 fully saturated rings. The summed E-state index contributed by atoms with van der Waals surface area (Å²) in [6.45, 7) is 2.55. The summed E-state index contributed by atoms with van der Waals surface area (Å²) in [6.07, 6.45) is 2.00. The lowest BCUT2D eigenvalue weighted by molar-refractivity contribution is -0.0602. The minimum atomic E-state index is 0.139. The van der Waals surface area contributed by atoms with Gasteiger partial charge in [-0.1, -0.05) is 28.1 Å². The summed E-state index contributed by atoms with van der Waals surface area (Å²) in [5.74, 6) is 0. The SMILES string of the molecule is CNCC1OCCN(C)C1c1ccc(Br)c2cccnc12. The van der Waals surface area contributed by atoms with E-state index in [1.807, 2.05) is 19.3 Å². The average Bonchev–Trinajstić information content (AvgIpc) is 2.50. The Kier molecular flexibility index (Phi) is 4.54. The van der Waals surface area contributed by atoms with Gasteiger partial charge in [-0.05, 0) is 31.8 Å². The van der Waals surface area contributed by atoms with E-state index in [0.717, 1.165) is 35.1 Å². The number of hydrogen-bond acceptors (Lipinski definition) is 4. The highest BCUT2D eigenvalue weighted by molar-refractivity contribution is 9.10. The van der Waals surface area contributed by atoms with E-state index in [1.54, 1.807) is 0 Å². The minimum absolute atomic E-state index is 0.139. The Morgan fingerprint density at radius 3 is 3.10 bits per heavy atom. The van der Waals surface area contributed by atoms with Gasteiger partial charge in [-0.3, -0.25) is 9.88 Å². The first-order chi connectivity index (χ1) is 10.2. The number of halogens is 1. The van der Waals surface area contributed by atoms with Crippen molar-refractivity contribution in [3.63, 3.8) is 0 Å². The fraction of sp³-hybridized carbons (Fsp3) is 0.438. The largest absolute Gasteiger partial charge is 0.374 e. The van der Waals surface area contributed by atoms with Gasteiger partial charge in [-0.15, -0.1) is 0 Å². The maximum atomic E-state index is 5.99. The molecule has 1 saturated heterocycles. The number of nitrogens with zero attached hydrogens (tertiary/aromatic N) is 2. The quantitative estimate of drug-likeness (QED) is 0.924. The van der Waals surface area contributed by atoms with Gasteiger partial charge < -0.3 is 10.1 Å². The summed E-state index contributed by atoms with van der Waals surface area (Å²) in [6, 6.07) is 8.57. The molecular weight excluding hydrogens is 330 g/mol. The van der Waals surface area contributed by atoms with Gasteiger partial charge in [0.1, 0.15) is 0 Å². The van der Waals surface area contributed by atoms with Crippen LogP contribution >= 0.6 is 15.9 Å². The van der Waals surface area contributed by atoms with Crippen LogP contribution in [0.25, 0.3) is 10.9 Å². The van der Waals surface area contributed by atoms with Crippen LogP contribution in [-0.2, 0) is 4.74 Å². The van der Waals surface area contributed by atoms with Crippen LogP contribution in [0.2, 0.25) is 0 Å². The summed E-state index contributed by atoms with van der Waals surface area (Å²) < 4.78 is 7.07. The lowest BCUT2D eigenvalue weighted by atomic mass is 9.95. The minimum Gasteiger partial charge on any atom is -0.374 e. The second-order valence-electron chi connectivity index (χ2n) is 5.43. The molecule has 0 radical (unpaired) electrons. The predicted octanol–water partition coefficient (Wildman–Crippen LogP) is 2.59. The van der Waals surface area contributed by atoms with Crippen molar-refractivity contribution >= 4 is 26.8 Å². The van der Waals surface area contributed by atoms with Crippen LogP contribution in [0.4, 0.5) is 0 Å². The van der Waals surface area contributed by atoms with Crippen molar-refractivity contribution in [3.8, 4) is 0 Å². The van der Waals surface area contributed by atoms with Crippen LogP contribution in [0.1, 0.15) is 11.6 Å². The zero-order chi connectivity index (χ0) is 14.8. The molecule has 1 aliphatic rings. The van der Waals surface area contributed by atoms with E-state index in [2.05, 4.69) is 56.4 Å². The van der Waals surface area contributed by atoms with Gasteiger partial charge in [0.25, 0.3) is 0 Å². The van der Waals surface area contributed by atoms with E-state index in [1.165, 1.54) is 5.56 Å². The van der Waals surface area contributed by atoms with Gasteiger partial charge in [0.2, 0.25) is 0 Å². The Labute approximate surface area is 133 Å². The molecule has 0 saturated carbocycles. The molecule has 5 heteroatoms.